The lowest BCUT2D eigenvalue weighted by Gasteiger charge is -2.00. The zero-order chi connectivity index (χ0) is 8.36. The van der Waals surface area contributed by atoms with Crippen LogP contribution in [0.4, 0.5) is 0 Å². The fourth-order valence-electron chi connectivity index (χ4n) is 0.641. The van der Waals surface area contributed by atoms with Crippen LogP contribution in [0, 0.1) is 0 Å². The molecule has 0 radical (unpaired) electrons. The van der Waals surface area contributed by atoms with E-state index in [1.807, 2.05) is 7.05 Å². The van der Waals surface area contributed by atoms with E-state index >= 15 is 0 Å². The quantitative estimate of drug-likeness (QED) is 0.451. The van der Waals surface area contributed by atoms with E-state index in [4.69, 9.17) is 4.74 Å². The van der Waals surface area contributed by atoms with E-state index in [2.05, 4.69) is 17.6 Å². The van der Waals surface area contributed by atoms with Gasteiger partial charge in [0.1, 0.15) is 0 Å². The highest BCUT2D eigenvalue weighted by Gasteiger charge is 1.83. The summed E-state index contributed by atoms with van der Waals surface area (Å²) in [4.78, 5) is 0. The second-order valence-electron chi connectivity index (χ2n) is 2.17. The van der Waals surface area contributed by atoms with E-state index in [0.29, 0.717) is 0 Å². The molecule has 0 rings (SSSR count). The Morgan fingerprint density at radius 2 is 2.17 bits per heavy atom. The molecule has 0 bridgehead atoms. The van der Waals surface area contributed by atoms with Gasteiger partial charge in [-0.05, 0) is 19.5 Å². The second-order valence-corrected chi connectivity index (χ2v) is 2.17. The molecule has 2 N–H and O–H groups in total. The fraction of sp³-hybridized carbons (Fsp3) is 0.778. The first-order valence-corrected chi connectivity index (χ1v) is 4.06. The molecule has 0 aliphatic carbocycles. The van der Waals surface area contributed by atoms with Gasteiger partial charge in [-0.2, -0.15) is 0 Å². The Morgan fingerprint density at radius 3 is 2.75 bits per heavy atom. The molecule has 0 aromatic heterocycles. The van der Waals surface area contributed by atoms with Gasteiger partial charge in [-0.15, -0.1) is 0 Å². The van der Waals surface area contributed by atoms with Gasteiger partial charge in [-0.25, -0.2) is 0 Å². The smallest absolute Gasteiger partial charge is 0.0985 e. The SMILES string of the molecule is C.CCNCCCO/C=C\NC. The van der Waals surface area contributed by atoms with Crippen molar-refractivity contribution in [1.82, 2.24) is 10.6 Å². The zero-order valence-corrected chi connectivity index (χ0v) is 7.39. The maximum Gasteiger partial charge on any atom is 0.0985 e. The van der Waals surface area contributed by atoms with Crippen molar-refractivity contribution in [2.75, 3.05) is 26.7 Å². The van der Waals surface area contributed by atoms with Crippen LogP contribution in [0.2, 0.25) is 0 Å². The minimum Gasteiger partial charge on any atom is -0.500 e. The molecule has 3 nitrogen and oxygen atoms in total. The highest BCUT2D eigenvalue weighted by molar-refractivity contribution is 4.66. The van der Waals surface area contributed by atoms with Crippen LogP contribution < -0.4 is 10.6 Å². The molecule has 0 heterocycles. The van der Waals surface area contributed by atoms with Crippen molar-refractivity contribution >= 4 is 0 Å². The van der Waals surface area contributed by atoms with E-state index in [0.717, 1.165) is 26.1 Å². The molecule has 0 atom stereocenters. The summed E-state index contributed by atoms with van der Waals surface area (Å²) in [5, 5.41) is 6.07. The predicted molar refractivity (Wildman–Crippen MR) is 54.0 cm³/mol. The summed E-state index contributed by atoms with van der Waals surface area (Å²) in [6.45, 7) is 4.95. The highest BCUT2D eigenvalue weighted by atomic mass is 16.5. The normalized spacial score (nSPS) is 9.50. The molecular formula is C9H22N2O. The Kier molecular flexibility index (Phi) is 14.9. The Hall–Kier alpha value is -0.700. The Labute approximate surface area is 76.2 Å². The lowest BCUT2D eigenvalue weighted by atomic mass is 10.4. The summed E-state index contributed by atoms with van der Waals surface area (Å²) in [6, 6.07) is 0. The Morgan fingerprint density at radius 1 is 1.42 bits per heavy atom. The number of hydrogen-bond acceptors (Lipinski definition) is 3. The summed E-state index contributed by atoms with van der Waals surface area (Å²) in [5.41, 5.74) is 0. The van der Waals surface area contributed by atoms with Gasteiger partial charge >= 0.3 is 0 Å². The average Bonchev–Trinajstić information content (AvgIpc) is 2.03. The van der Waals surface area contributed by atoms with Crippen molar-refractivity contribution in [2.24, 2.45) is 0 Å². The highest BCUT2D eigenvalue weighted by Crippen LogP contribution is 1.80. The molecule has 0 saturated heterocycles. The van der Waals surface area contributed by atoms with Crippen molar-refractivity contribution in [3.63, 3.8) is 0 Å². The van der Waals surface area contributed by atoms with Gasteiger partial charge in [0, 0.05) is 13.2 Å². The van der Waals surface area contributed by atoms with Crippen LogP contribution in [0.5, 0.6) is 0 Å². The third-order valence-corrected chi connectivity index (χ3v) is 1.20. The molecule has 0 aliphatic heterocycles. The van der Waals surface area contributed by atoms with Gasteiger partial charge in [0.2, 0.25) is 0 Å². The lowest BCUT2D eigenvalue weighted by molar-refractivity contribution is 0.242. The number of hydrogen-bond donors (Lipinski definition) is 2. The molecule has 0 spiro atoms. The average molecular weight is 174 g/mol. The van der Waals surface area contributed by atoms with Crippen LogP contribution in [0.3, 0.4) is 0 Å². The van der Waals surface area contributed by atoms with E-state index in [-0.39, 0.29) is 7.43 Å². The minimum absolute atomic E-state index is 0. The molecule has 0 aromatic carbocycles. The second kappa shape index (κ2) is 12.9. The standard InChI is InChI=1S/C8H18N2O.CH4/c1-3-10-5-4-7-11-8-6-9-2;/h6,8-10H,3-5,7H2,1-2H3;1H4/b8-6-;. The van der Waals surface area contributed by atoms with Crippen molar-refractivity contribution in [3.8, 4) is 0 Å². The van der Waals surface area contributed by atoms with Crippen molar-refractivity contribution < 1.29 is 4.74 Å². The van der Waals surface area contributed by atoms with Crippen molar-refractivity contribution in [2.45, 2.75) is 20.8 Å². The van der Waals surface area contributed by atoms with Crippen molar-refractivity contribution in [1.29, 1.82) is 0 Å². The van der Waals surface area contributed by atoms with Gasteiger partial charge in [-0.3, -0.25) is 0 Å². The predicted octanol–water partition coefficient (Wildman–Crippen LogP) is 1.33. The zero-order valence-electron chi connectivity index (χ0n) is 7.39. The first-order valence-electron chi connectivity index (χ1n) is 4.06. The van der Waals surface area contributed by atoms with E-state index in [1.54, 1.807) is 12.5 Å². The summed E-state index contributed by atoms with van der Waals surface area (Å²) in [5.74, 6) is 0. The van der Waals surface area contributed by atoms with Gasteiger partial charge in [-0.1, -0.05) is 14.4 Å². The maximum atomic E-state index is 5.14. The largest absolute Gasteiger partial charge is 0.500 e. The van der Waals surface area contributed by atoms with Crippen LogP contribution in [-0.4, -0.2) is 26.7 Å². The monoisotopic (exact) mass is 174 g/mol. The third-order valence-electron chi connectivity index (χ3n) is 1.20. The molecule has 0 fully saturated rings. The first-order chi connectivity index (χ1) is 5.41. The summed E-state index contributed by atoms with van der Waals surface area (Å²) in [6.07, 6.45) is 4.50. The van der Waals surface area contributed by atoms with E-state index in [9.17, 15) is 0 Å². The summed E-state index contributed by atoms with van der Waals surface area (Å²) >= 11 is 0. The molecule has 0 aromatic rings. The third kappa shape index (κ3) is 12.0. The van der Waals surface area contributed by atoms with Gasteiger partial charge in [0.15, 0.2) is 0 Å². The van der Waals surface area contributed by atoms with Crippen LogP contribution in [0.25, 0.3) is 0 Å². The summed E-state index contributed by atoms with van der Waals surface area (Å²) < 4.78 is 5.14. The topological polar surface area (TPSA) is 33.3 Å². The van der Waals surface area contributed by atoms with Crippen LogP contribution in [0.15, 0.2) is 12.5 Å². The van der Waals surface area contributed by atoms with E-state index in [1.165, 1.54) is 0 Å². The molecular weight excluding hydrogens is 152 g/mol. The van der Waals surface area contributed by atoms with Crippen LogP contribution in [-0.2, 0) is 4.74 Å². The van der Waals surface area contributed by atoms with Gasteiger partial charge < -0.3 is 15.4 Å². The minimum atomic E-state index is 0. The van der Waals surface area contributed by atoms with Gasteiger partial charge in [0.05, 0.1) is 12.9 Å². The van der Waals surface area contributed by atoms with E-state index < -0.39 is 0 Å². The Balaban J connectivity index is 0. The Bertz CT molecular complexity index is 94.5. The van der Waals surface area contributed by atoms with Crippen LogP contribution >= 0.6 is 0 Å². The summed E-state index contributed by atoms with van der Waals surface area (Å²) in [7, 11) is 1.85. The molecule has 74 valence electrons. The maximum absolute atomic E-state index is 5.14. The number of rotatable bonds is 7. The molecule has 0 saturated carbocycles. The van der Waals surface area contributed by atoms with Gasteiger partial charge in [0.25, 0.3) is 0 Å². The molecule has 3 heteroatoms. The van der Waals surface area contributed by atoms with Crippen LogP contribution in [0.1, 0.15) is 20.8 Å². The number of ether oxygens (including phenoxy) is 1. The molecule has 0 unspecified atom stereocenters. The fourth-order valence-corrected chi connectivity index (χ4v) is 0.641. The van der Waals surface area contributed by atoms with Crippen molar-refractivity contribution in [3.05, 3.63) is 12.5 Å². The molecule has 0 aliphatic rings. The first kappa shape index (κ1) is 13.9. The molecule has 12 heavy (non-hydrogen) atoms. The lowest BCUT2D eigenvalue weighted by Crippen LogP contribution is -2.15. The molecule has 0 amide bonds. The number of nitrogens with one attached hydrogen (secondary N) is 2.